The van der Waals surface area contributed by atoms with Gasteiger partial charge in [-0.1, -0.05) is 194 Å². The first-order valence-corrected chi connectivity index (χ1v) is 23.7. The summed E-state index contributed by atoms with van der Waals surface area (Å²) in [5.74, 6) is -0.806. The summed E-state index contributed by atoms with van der Waals surface area (Å²) in [7, 11) is 9.78. The van der Waals surface area contributed by atoms with E-state index in [2.05, 4.69) is 13.8 Å². The topological polar surface area (TPSA) is 102 Å². The fourth-order valence-electron chi connectivity index (χ4n) is 5.31. The van der Waals surface area contributed by atoms with Crippen LogP contribution in [-0.2, 0) is 26.6 Å². The van der Waals surface area contributed by atoms with Gasteiger partial charge in [0.15, 0.2) is 0 Å². The first kappa shape index (κ1) is 53.0. The van der Waals surface area contributed by atoms with Crippen molar-refractivity contribution in [2.24, 2.45) is 0 Å². The molecule has 0 aromatic rings. The van der Waals surface area contributed by atoms with Gasteiger partial charge >= 0.3 is 35.6 Å². The molecule has 0 aliphatic carbocycles. The summed E-state index contributed by atoms with van der Waals surface area (Å²) in [4.78, 5) is 20.9. The Kier molecular flexibility index (Phi) is 62.9. The Morgan fingerprint density at radius 2 is 0.543 bits per heavy atom. The van der Waals surface area contributed by atoms with Gasteiger partial charge in [-0.05, 0) is 32.6 Å². The van der Waals surface area contributed by atoms with Crippen LogP contribution in [0.25, 0.3) is 11.5 Å². The molecule has 2 amide bonds. The zero-order valence-corrected chi connectivity index (χ0v) is 33.9. The molecule has 0 bridgehead atoms. The monoisotopic (exact) mass is 728 g/mol. The second-order valence-electron chi connectivity index (χ2n) is 12.6. The average Bonchev–Trinajstić information content (AvgIpc) is 3.02. The van der Waals surface area contributed by atoms with Crippen LogP contribution in [-0.4, -0.2) is 23.5 Å². The van der Waals surface area contributed by atoms with Crippen LogP contribution in [0.4, 0.5) is 0 Å². The van der Waals surface area contributed by atoms with Crippen LogP contribution in [0.1, 0.15) is 226 Å². The van der Waals surface area contributed by atoms with Crippen molar-refractivity contribution in [1.82, 2.24) is 0 Å². The second kappa shape index (κ2) is 54.6. The summed E-state index contributed by atoms with van der Waals surface area (Å²) >= 11 is -0.556. The van der Waals surface area contributed by atoms with Crippen molar-refractivity contribution >= 4 is 30.4 Å². The molecule has 0 aromatic carbocycles. The van der Waals surface area contributed by atoms with Crippen molar-refractivity contribution in [2.75, 3.05) is 6.61 Å². The maximum absolute atomic E-state index is 10.4. The van der Waals surface area contributed by atoms with Crippen LogP contribution in [0.2, 0.25) is 0 Å². The van der Waals surface area contributed by atoms with Gasteiger partial charge in [0.1, 0.15) is 0 Å². The number of rotatable bonds is 32. The number of aliphatic hydroxyl groups is 1. The second-order valence-corrected chi connectivity index (χ2v) is 15.2. The number of nitrogens with one attached hydrogen (secondary N) is 2. The predicted molar refractivity (Wildman–Crippen MR) is 202 cm³/mol. The molecule has 0 atom stereocenters. The molecule has 0 aliphatic rings. The van der Waals surface area contributed by atoms with Gasteiger partial charge in [-0.2, -0.15) is 0 Å². The van der Waals surface area contributed by atoms with E-state index in [1.54, 1.807) is 6.92 Å². The fraction of sp³-hybridized carbons (Fsp3) is 0.947. The summed E-state index contributed by atoms with van der Waals surface area (Å²) in [6, 6.07) is 0. The van der Waals surface area contributed by atoms with Gasteiger partial charge < -0.3 is 26.2 Å². The Morgan fingerprint density at radius 3 is 0.674 bits per heavy atom. The third-order valence-corrected chi connectivity index (χ3v) is 8.01. The van der Waals surface area contributed by atoms with E-state index in [0.29, 0.717) is 12.8 Å². The van der Waals surface area contributed by atoms with Crippen LogP contribution in [0.3, 0.4) is 0 Å². The van der Waals surface area contributed by atoms with Gasteiger partial charge in [0.2, 0.25) is 0 Å². The summed E-state index contributed by atoms with van der Waals surface area (Å²) in [5.41, 5.74) is 13.6. The van der Waals surface area contributed by atoms with Gasteiger partial charge in [-0.25, -0.2) is 0 Å². The van der Waals surface area contributed by atoms with Gasteiger partial charge in [-0.3, -0.25) is 0 Å². The van der Waals surface area contributed by atoms with E-state index in [1.807, 2.05) is 0 Å². The standard InChI is InChI=1S/2C18H37NO.C2H6O.2ClH.Ti/c2*1-2-3-4-5-6-7-8-9-10-11-12-13-14-15-16-17-18(19)20;1-2-3;;;/h2*2-17H2,1H3,(H2,19,20);3H,2H2,1H3;2*1H;/q;;;;;+2/p-4. The van der Waals surface area contributed by atoms with E-state index < -0.39 is 28.8 Å². The molecule has 0 unspecified atom stereocenters. The van der Waals surface area contributed by atoms with Crippen molar-refractivity contribution in [3.8, 4) is 0 Å². The van der Waals surface area contributed by atoms with E-state index in [1.165, 1.54) is 167 Å². The normalized spacial score (nSPS) is 10.1. The Bertz CT molecular complexity index is 500. The number of unbranched alkanes of at least 4 members (excludes halogenated alkanes) is 28. The summed E-state index contributed by atoms with van der Waals surface area (Å²) in [5, 5.41) is 7.57. The van der Waals surface area contributed by atoms with E-state index in [0.717, 1.165) is 25.7 Å². The SMILES string of the molecule is CCCCCCCCCCCCCCCCCC([NH-])=O.CCCCCCCCCCCCCCCCCC([NH-])=O.CCO.[Cl][Ti][Cl]. The molecule has 278 valence electrons. The van der Waals surface area contributed by atoms with E-state index >= 15 is 0 Å². The van der Waals surface area contributed by atoms with Crippen LogP contribution in [0.5, 0.6) is 0 Å². The minimum atomic E-state index is -0.556. The van der Waals surface area contributed by atoms with Crippen LogP contribution < -0.4 is 0 Å². The van der Waals surface area contributed by atoms with Crippen molar-refractivity contribution in [2.45, 2.75) is 226 Å². The summed E-state index contributed by atoms with van der Waals surface area (Å²) in [6.45, 7) is 6.48. The molecule has 0 saturated carbocycles. The van der Waals surface area contributed by atoms with Gasteiger partial charge in [0.25, 0.3) is 0 Å². The molecule has 0 saturated heterocycles. The molecule has 3 N–H and O–H groups in total. The molecule has 8 heteroatoms. The first-order valence-electron chi connectivity index (χ1n) is 19.4. The molecule has 0 radical (unpaired) electrons. The molecule has 0 aromatic heterocycles. The molecular formula is C38H78Cl2N2O3Ti-2. The molecule has 46 heavy (non-hydrogen) atoms. The molecule has 5 nitrogen and oxygen atoms in total. The average molecular weight is 730 g/mol. The molecule has 0 rings (SSSR count). The third kappa shape index (κ3) is 70.5. The molecule has 0 aliphatic heterocycles. The number of amides is 2. The zero-order chi connectivity index (χ0) is 35.2. The van der Waals surface area contributed by atoms with Crippen molar-refractivity contribution in [1.29, 1.82) is 0 Å². The number of hydrogen-bond acceptors (Lipinski definition) is 3. The van der Waals surface area contributed by atoms with Gasteiger partial charge in [0, 0.05) is 18.4 Å². The van der Waals surface area contributed by atoms with Gasteiger partial charge in [-0.15, -0.1) is 0 Å². The zero-order valence-electron chi connectivity index (χ0n) is 30.9. The predicted octanol–water partition coefficient (Wildman–Crippen LogP) is 15.0. The molecule has 0 spiro atoms. The number of halogens is 2. The Labute approximate surface area is 304 Å². The van der Waals surface area contributed by atoms with Crippen molar-refractivity contribution < 1.29 is 31.7 Å². The minimum absolute atomic E-state index is 0.250. The Morgan fingerprint density at radius 1 is 0.413 bits per heavy atom. The van der Waals surface area contributed by atoms with Crippen molar-refractivity contribution in [3.05, 3.63) is 11.5 Å². The molecule has 0 fully saturated rings. The van der Waals surface area contributed by atoms with Crippen molar-refractivity contribution in [3.63, 3.8) is 0 Å². The molecular weight excluding hydrogens is 651 g/mol. The summed E-state index contributed by atoms with van der Waals surface area (Å²) < 4.78 is 0. The molecule has 0 heterocycles. The van der Waals surface area contributed by atoms with Crippen LogP contribution in [0, 0.1) is 0 Å². The first-order chi connectivity index (χ1) is 22.4. The third-order valence-electron chi connectivity index (χ3n) is 8.01. The van der Waals surface area contributed by atoms with Crippen LogP contribution in [0.15, 0.2) is 0 Å². The van der Waals surface area contributed by atoms with Crippen LogP contribution >= 0.6 is 18.6 Å². The number of carbonyl (C=O) groups is 2. The maximum atomic E-state index is 10.4. The summed E-state index contributed by atoms with van der Waals surface area (Å²) in [6.07, 6.45) is 41.1. The quantitative estimate of drug-likeness (QED) is 0.0551. The Hall–Kier alpha value is 0.194. The number of aliphatic hydroxyl groups excluding tert-OH is 1. The van der Waals surface area contributed by atoms with E-state index in [9.17, 15) is 9.59 Å². The van der Waals surface area contributed by atoms with Gasteiger partial charge in [0.05, 0.1) is 0 Å². The van der Waals surface area contributed by atoms with E-state index in [-0.39, 0.29) is 6.61 Å². The number of carbonyl (C=O) groups excluding carboxylic acids is 2. The van der Waals surface area contributed by atoms with E-state index in [4.69, 9.17) is 35.2 Å². The fourth-order valence-corrected chi connectivity index (χ4v) is 5.31. The number of hydrogen-bond donors (Lipinski definition) is 1. The Balaban J connectivity index is -0.000000326.